The van der Waals surface area contributed by atoms with Crippen LogP contribution in [0.15, 0.2) is 30.6 Å². The second-order valence-corrected chi connectivity index (χ2v) is 4.45. The lowest BCUT2D eigenvalue weighted by molar-refractivity contribution is 0.0886. The number of imidazole rings is 1. The summed E-state index contributed by atoms with van der Waals surface area (Å²) in [6.07, 6.45) is 2.95. The van der Waals surface area contributed by atoms with E-state index < -0.39 is 0 Å². The van der Waals surface area contributed by atoms with Crippen LogP contribution in [0.5, 0.6) is 11.5 Å². The minimum absolute atomic E-state index is 0.236. The smallest absolute Gasteiger partial charge is 0.205 e. The van der Waals surface area contributed by atoms with Crippen LogP contribution >= 0.6 is 0 Å². The van der Waals surface area contributed by atoms with Crippen LogP contribution in [0, 0.1) is 0 Å². The van der Waals surface area contributed by atoms with Gasteiger partial charge in [0.15, 0.2) is 23.1 Å². The van der Waals surface area contributed by atoms with Crippen LogP contribution < -0.4 is 9.47 Å². The third-order valence-electron chi connectivity index (χ3n) is 3.10. The molecule has 0 aliphatic rings. The maximum atomic E-state index is 12.2. The molecule has 0 atom stereocenters. The molecule has 0 fully saturated rings. The van der Waals surface area contributed by atoms with E-state index in [4.69, 9.17) is 9.47 Å². The fraction of sp³-hybridized carbons (Fsp3) is 0.267. The van der Waals surface area contributed by atoms with E-state index in [-0.39, 0.29) is 23.8 Å². The highest BCUT2D eigenvalue weighted by Gasteiger charge is 2.18. The summed E-state index contributed by atoms with van der Waals surface area (Å²) in [5, 5.41) is 0. The SMILES string of the molecule is COc1ccc(C(=O)CC(=O)c2nccn2C)cc1OC. The number of ketones is 2. The van der Waals surface area contributed by atoms with Gasteiger partial charge in [-0.2, -0.15) is 0 Å². The molecule has 0 amide bonds. The van der Waals surface area contributed by atoms with Gasteiger partial charge in [0, 0.05) is 25.0 Å². The fourth-order valence-electron chi connectivity index (χ4n) is 1.97. The van der Waals surface area contributed by atoms with E-state index in [2.05, 4.69) is 4.98 Å². The molecular formula is C15H16N2O4. The standard InChI is InChI=1S/C15H16N2O4/c1-17-7-6-16-15(17)12(19)9-11(18)10-4-5-13(20-2)14(8-10)21-3/h4-8H,9H2,1-3H3. The normalized spacial score (nSPS) is 10.2. The quantitative estimate of drug-likeness (QED) is 0.599. The lowest BCUT2D eigenvalue weighted by Gasteiger charge is -2.08. The summed E-state index contributed by atoms with van der Waals surface area (Å²) in [5.74, 6) is 0.646. The van der Waals surface area contributed by atoms with Crippen molar-refractivity contribution >= 4 is 11.6 Å². The largest absolute Gasteiger partial charge is 0.493 e. The third kappa shape index (κ3) is 3.10. The van der Waals surface area contributed by atoms with Gasteiger partial charge >= 0.3 is 0 Å². The van der Waals surface area contributed by atoms with Crippen molar-refractivity contribution in [2.24, 2.45) is 7.05 Å². The van der Waals surface area contributed by atoms with Crippen molar-refractivity contribution in [2.45, 2.75) is 6.42 Å². The van der Waals surface area contributed by atoms with E-state index in [0.717, 1.165) is 0 Å². The molecule has 1 aromatic carbocycles. The summed E-state index contributed by atoms with van der Waals surface area (Å²) in [5.41, 5.74) is 0.398. The molecule has 0 spiro atoms. The summed E-state index contributed by atoms with van der Waals surface area (Å²) >= 11 is 0. The molecular weight excluding hydrogens is 272 g/mol. The molecule has 6 heteroatoms. The summed E-state index contributed by atoms with van der Waals surface area (Å²) in [6, 6.07) is 4.81. The summed E-state index contributed by atoms with van der Waals surface area (Å²) in [4.78, 5) is 28.1. The molecule has 0 aliphatic carbocycles. The maximum Gasteiger partial charge on any atom is 0.205 e. The topological polar surface area (TPSA) is 70.4 Å². The first-order valence-corrected chi connectivity index (χ1v) is 6.32. The molecule has 21 heavy (non-hydrogen) atoms. The Morgan fingerprint density at radius 3 is 2.43 bits per heavy atom. The molecule has 110 valence electrons. The zero-order valence-corrected chi connectivity index (χ0v) is 12.1. The Bertz CT molecular complexity index is 676. The molecule has 0 radical (unpaired) electrons. The third-order valence-corrected chi connectivity index (χ3v) is 3.10. The van der Waals surface area contributed by atoms with Gasteiger partial charge in [0.05, 0.1) is 20.6 Å². The van der Waals surface area contributed by atoms with E-state index in [9.17, 15) is 9.59 Å². The van der Waals surface area contributed by atoms with Crippen LogP contribution in [0.2, 0.25) is 0 Å². The number of Topliss-reactive ketones (excluding diaryl/α,β-unsaturated/α-hetero) is 2. The molecule has 0 N–H and O–H groups in total. The van der Waals surface area contributed by atoms with Crippen LogP contribution in [-0.4, -0.2) is 35.3 Å². The minimum atomic E-state index is -0.317. The fourth-order valence-corrected chi connectivity index (χ4v) is 1.97. The Kier molecular flexibility index (Phi) is 4.37. The molecule has 0 aliphatic heterocycles. The number of benzene rings is 1. The van der Waals surface area contributed by atoms with Crippen molar-refractivity contribution in [3.05, 3.63) is 42.0 Å². The summed E-state index contributed by atoms with van der Waals surface area (Å²) in [6.45, 7) is 0. The van der Waals surface area contributed by atoms with Crippen LogP contribution in [0.25, 0.3) is 0 Å². The highest BCUT2D eigenvalue weighted by atomic mass is 16.5. The number of aromatic nitrogens is 2. The number of aryl methyl sites for hydroxylation is 1. The van der Waals surface area contributed by atoms with Crippen molar-refractivity contribution in [3.8, 4) is 11.5 Å². The molecule has 2 aromatic rings. The number of hydrogen-bond donors (Lipinski definition) is 0. The van der Waals surface area contributed by atoms with Gasteiger partial charge in [0.1, 0.15) is 0 Å². The van der Waals surface area contributed by atoms with Crippen molar-refractivity contribution < 1.29 is 19.1 Å². The minimum Gasteiger partial charge on any atom is -0.493 e. The van der Waals surface area contributed by atoms with E-state index in [0.29, 0.717) is 17.1 Å². The van der Waals surface area contributed by atoms with E-state index >= 15 is 0 Å². The van der Waals surface area contributed by atoms with Gasteiger partial charge in [0.2, 0.25) is 5.78 Å². The van der Waals surface area contributed by atoms with Crippen molar-refractivity contribution in [1.29, 1.82) is 0 Å². The van der Waals surface area contributed by atoms with Crippen LogP contribution in [0.1, 0.15) is 27.4 Å². The Balaban J connectivity index is 2.17. The molecule has 1 heterocycles. The maximum absolute atomic E-state index is 12.2. The Morgan fingerprint density at radius 1 is 1.14 bits per heavy atom. The molecule has 0 bridgehead atoms. The lowest BCUT2D eigenvalue weighted by atomic mass is 10.0. The average Bonchev–Trinajstić information content (AvgIpc) is 2.92. The van der Waals surface area contributed by atoms with Gasteiger partial charge in [-0.1, -0.05) is 0 Å². The predicted molar refractivity (Wildman–Crippen MR) is 76.0 cm³/mol. The number of carbonyl (C=O) groups is 2. The number of carbonyl (C=O) groups excluding carboxylic acids is 2. The Labute approximate surface area is 122 Å². The summed E-state index contributed by atoms with van der Waals surface area (Å²) in [7, 11) is 4.72. The second kappa shape index (κ2) is 6.21. The number of methoxy groups -OCH3 is 2. The van der Waals surface area contributed by atoms with Crippen LogP contribution in [0.3, 0.4) is 0 Å². The lowest BCUT2D eigenvalue weighted by Crippen LogP contribution is -2.13. The van der Waals surface area contributed by atoms with E-state index in [1.165, 1.54) is 20.4 Å². The molecule has 0 saturated heterocycles. The van der Waals surface area contributed by atoms with Crippen molar-refractivity contribution in [2.75, 3.05) is 14.2 Å². The van der Waals surface area contributed by atoms with E-state index in [1.807, 2.05) is 0 Å². The predicted octanol–water partition coefficient (Wildman–Crippen LogP) is 1.89. The van der Waals surface area contributed by atoms with Crippen molar-refractivity contribution in [1.82, 2.24) is 9.55 Å². The van der Waals surface area contributed by atoms with Crippen LogP contribution in [0.4, 0.5) is 0 Å². The first kappa shape index (κ1) is 14.8. The first-order chi connectivity index (χ1) is 10.1. The van der Waals surface area contributed by atoms with Gasteiger partial charge in [-0.15, -0.1) is 0 Å². The number of ether oxygens (including phenoxy) is 2. The zero-order chi connectivity index (χ0) is 15.4. The highest BCUT2D eigenvalue weighted by Crippen LogP contribution is 2.28. The van der Waals surface area contributed by atoms with Gasteiger partial charge in [-0.05, 0) is 18.2 Å². The van der Waals surface area contributed by atoms with E-state index in [1.54, 1.807) is 36.0 Å². The summed E-state index contributed by atoms with van der Waals surface area (Å²) < 4.78 is 11.8. The molecule has 2 rings (SSSR count). The highest BCUT2D eigenvalue weighted by molar-refractivity contribution is 6.12. The number of rotatable bonds is 6. The van der Waals surface area contributed by atoms with Gasteiger partial charge in [-0.25, -0.2) is 4.98 Å². The monoisotopic (exact) mass is 288 g/mol. The van der Waals surface area contributed by atoms with Gasteiger partial charge in [-0.3, -0.25) is 9.59 Å². The molecule has 0 unspecified atom stereocenters. The van der Waals surface area contributed by atoms with Crippen molar-refractivity contribution in [3.63, 3.8) is 0 Å². The van der Waals surface area contributed by atoms with Gasteiger partial charge in [0.25, 0.3) is 0 Å². The Hall–Kier alpha value is -2.63. The first-order valence-electron chi connectivity index (χ1n) is 6.32. The average molecular weight is 288 g/mol. The molecule has 6 nitrogen and oxygen atoms in total. The van der Waals surface area contributed by atoms with Crippen LogP contribution in [-0.2, 0) is 7.05 Å². The zero-order valence-electron chi connectivity index (χ0n) is 12.1. The number of nitrogens with zero attached hydrogens (tertiary/aromatic N) is 2. The molecule has 0 saturated carbocycles. The Morgan fingerprint density at radius 2 is 1.86 bits per heavy atom. The number of hydrogen-bond acceptors (Lipinski definition) is 5. The van der Waals surface area contributed by atoms with Gasteiger partial charge < -0.3 is 14.0 Å². The second-order valence-electron chi connectivity index (χ2n) is 4.45. The molecule has 1 aromatic heterocycles.